The van der Waals surface area contributed by atoms with Gasteiger partial charge in [0.15, 0.2) is 0 Å². The summed E-state index contributed by atoms with van der Waals surface area (Å²) in [4.78, 5) is 23.5. The highest BCUT2D eigenvalue weighted by atomic mass is 16.4. The number of aromatic carboxylic acids is 1. The number of benzene rings is 1. The Morgan fingerprint density at radius 1 is 1.20 bits per heavy atom. The molecule has 0 unspecified atom stereocenters. The molecule has 20 heavy (non-hydrogen) atoms. The quantitative estimate of drug-likeness (QED) is 0.933. The molecule has 1 aromatic heterocycles. The van der Waals surface area contributed by atoms with Gasteiger partial charge in [0.2, 0.25) is 0 Å². The molecule has 0 aliphatic rings. The summed E-state index contributed by atoms with van der Waals surface area (Å²) >= 11 is 0. The van der Waals surface area contributed by atoms with Crippen molar-refractivity contribution in [2.75, 3.05) is 0 Å². The summed E-state index contributed by atoms with van der Waals surface area (Å²) in [6, 6.07) is 9.57. The van der Waals surface area contributed by atoms with Gasteiger partial charge in [0.25, 0.3) is 5.56 Å². The van der Waals surface area contributed by atoms with Crippen LogP contribution < -0.4 is 5.56 Å². The predicted molar refractivity (Wildman–Crippen MR) is 77.4 cm³/mol. The second kappa shape index (κ2) is 5.33. The van der Waals surface area contributed by atoms with Crippen molar-refractivity contribution in [3.63, 3.8) is 0 Å². The Balaban J connectivity index is 2.55. The van der Waals surface area contributed by atoms with E-state index in [4.69, 9.17) is 5.11 Å². The zero-order valence-corrected chi connectivity index (χ0v) is 11.8. The number of carbonyl (C=O) groups is 1. The van der Waals surface area contributed by atoms with Gasteiger partial charge in [-0.15, -0.1) is 0 Å². The van der Waals surface area contributed by atoms with Gasteiger partial charge < -0.3 is 9.67 Å². The summed E-state index contributed by atoms with van der Waals surface area (Å²) in [7, 11) is 0. The zero-order chi connectivity index (χ0) is 14.9. The SMILES string of the molecule is Cc1cccc(Cn2c(C)cc(C)c(C(=O)O)c2=O)c1. The zero-order valence-electron chi connectivity index (χ0n) is 11.8. The average Bonchev–Trinajstić information content (AvgIpc) is 2.33. The number of carboxylic acids is 1. The predicted octanol–water partition coefficient (Wildman–Crippen LogP) is 2.52. The average molecular weight is 271 g/mol. The Morgan fingerprint density at radius 2 is 1.90 bits per heavy atom. The van der Waals surface area contributed by atoms with Crippen LogP contribution in [0.2, 0.25) is 0 Å². The van der Waals surface area contributed by atoms with Crippen molar-refractivity contribution in [2.24, 2.45) is 0 Å². The van der Waals surface area contributed by atoms with E-state index in [0.29, 0.717) is 12.1 Å². The lowest BCUT2D eigenvalue weighted by Gasteiger charge is -2.13. The molecule has 0 bridgehead atoms. The van der Waals surface area contributed by atoms with Crippen LogP contribution in [0.1, 0.15) is 32.7 Å². The Bertz CT molecular complexity index is 729. The number of aryl methyl sites for hydroxylation is 3. The molecule has 104 valence electrons. The first-order valence-electron chi connectivity index (χ1n) is 6.40. The molecule has 0 atom stereocenters. The first-order valence-corrected chi connectivity index (χ1v) is 6.40. The molecule has 0 fully saturated rings. The van der Waals surface area contributed by atoms with Crippen molar-refractivity contribution in [3.05, 3.63) is 68.6 Å². The summed E-state index contributed by atoms with van der Waals surface area (Å²) in [5.74, 6) is -1.18. The molecule has 0 saturated carbocycles. The molecule has 2 aromatic rings. The van der Waals surface area contributed by atoms with Crippen molar-refractivity contribution in [3.8, 4) is 0 Å². The standard InChI is InChI=1S/C16H17NO3/c1-10-5-4-6-13(7-10)9-17-12(3)8-11(2)14(15(17)18)16(19)20/h4-8H,9H2,1-3H3,(H,19,20). The van der Waals surface area contributed by atoms with E-state index in [1.165, 1.54) is 4.57 Å². The monoisotopic (exact) mass is 271 g/mol. The first-order chi connectivity index (χ1) is 9.40. The fourth-order valence-corrected chi connectivity index (χ4v) is 2.38. The molecule has 1 aromatic carbocycles. The number of rotatable bonds is 3. The molecule has 0 spiro atoms. The summed E-state index contributed by atoms with van der Waals surface area (Å²) in [5.41, 5.74) is 2.76. The van der Waals surface area contributed by atoms with E-state index in [1.54, 1.807) is 13.0 Å². The van der Waals surface area contributed by atoms with Gasteiger partial charge in [0.1, 0.15) is 5.56 Å². The van der Waals surface area contributed by atoms with Crippen molar-refractivity contribution >= 4 is 5.97 Å². The molecule has 0 amide bonds. The highest BCUT2D eigenvalue weighted by Crippen LogP contribution is 2.10. The molecule has 0 radical (unpaired) electrons. The minimum atomic E-state index is -1.18. The minimum absolute atomic E-state index is 0.150. The number of hydrogen-bond acceptors (Lipinski definition) is 2. The van der Waals surface area contributed by atoms with Crippen LogP contribution in [0.25, 0.3) is 0 Å². The number of hydrogen-bond donors (Lipinski definition) is 1. The van der Waals surface area contributed by atoms with Crippen LogP contribution >= 0.6 is 0 Å². The molecule has 1 N–H and O–H groups in total. The third-order valence-corrected chi connectivity index (χ3v) is 3.34. The topological polar surface area (TPSA) is 59.3 Å². The molecule has 1 heterocycles. The van der Waals surface area contributed by atoms with Crippen molar-refractivity contribution in [1.29, 1.82) is 0 Å². The molecular formula is C16H17NO3. The van der Waals surface area contributed by atoms with Crippen LogP contribution in [0.5, 0.6) is 0 Å². The lowest BCUT2D eigenvalue weighted by Crippen LogP contribution is -2.29. The van der Waals surface area contributed by atoms with Gasteiger partial charge in [-0.1, -0.05) is 29.8 Å². The van der Waals surface area contributed by atoms with Crippen LogP contribution in [0.4, 0.5) is 0 Å². The Morgan fingerprint density at radius 3 is 2.50 bits per heavy atom. The minimum Gasteiger partial charge on any atom is -0.477 e. The first kappa shape index (κ1) is 14.1. The van der Waals surface area contributed by atoms with Crippen LogP contribution in [-0.4, -0.2) is 15.6 Å². The maximum atomic E-state index is 12.3. The summed E-state index contributed by atoms with van der Waals surface area (Å²) in [5, 5.41) is 9.16. The second-order valence-electron chi connectivity index (χ2n) is 5.03. The highest BCUT2D eigenvalue weighted by molar-refractivity contribution is 5.88. The molecular weight excluding hydrogens is 254 g/mol. The number of pyridine rings is 1. The lowest BCUT2D eigenvalue weighted by molar-refractivity contribution is 0.0693. The fourth-order valence-electron chi connectivity index (χ4n) is 2.38. The normalized spacial score (nSPS) is 10.6. The van der Waals surface area contributed by atoms with Gasteiger partial charge >= 0.3 is 5.97 Å². The van der Waals surface area contributed by atoms with E-state index >= 15 is 0 Å². The Kier molecular flexibility index (Phi) is 3.74. The van der Waals surface area contributed by atoms with Crippen LogP contribution in [0, 0.1) is 20.8 Å². The van der Waals surface area contributed by atoms with E-state index in [2.05, 4.69) is 0 Å². The number of nitrogens with zero attached hydrogens (tertiary/aromatic N) is 1. The molecule has 4 heteroatoms. The summed E-state index contributed by atoms with van der Waals surface area (Å²) < 4.78 is 1.51. The summed E-state index contributed by atoms with van der Waals surface area (Å²) in [6.07, 6.45) is 0. The smallest absolute Gasteiger partial charge is 0.341 e. The van der Waals surface area contributed by atoms with Crippen LogP contribution in [-0.2, 0) is 6.54 Å². The van der Waals surface area contributed by atoms with E-state index in [1.807, 2.05) is 38.1 Å². The van der Waals surface area contributed by atoms with E-state index in [9.17, 15) is 9.59 Å². The fraction of sp³-hybridized carbons (Fsp3) is 0.250. The van der Waals surface area contributed by atoms with Gasteiger partial charge in [-0.3, -0.25) is 4.79 Å². The van der Waals surface area contributed by atoms with E-state index in [-0.39, 0.29) is 5.56 Å². The van der Waals surface area contributed by atoms with Crippen molar-refractivity contribution < 1.29 is 9.90 Å². The largest absolute Gasteiger partial charge is 0.477 e. The molecule has 0 aliphatic carbocycles. The highest BCUT2D eigenvalue weighted by Gasteiger charge is 2.16. The maximum absolute atomic E-state index is 12.3. The van der Waals surface area contributed by atoms with Gasteiger partial charge in [0, 0.05) is 5.69 Å². The number of carboxylic acid groups (broad SMARTS) is 1. The molecule has 0 aliphatic heterocycles. The molecule has 0 saturated heterocycles. The lowest BCUT2D eigenvalue weighted by atomic mass is 10.1. The maximum Gasteiger partial charge on any atom is 0.341 e. The second-order valence-corrected chi connectivity index (χ2v) is 5.03. The van der Waals surface area contributed by atoms with E-state index < -0.39 is 11.5 Å². The third kappa shape index (κ3) is 2.64. The Hall–Kier alpha value is -2.36. The van der Waals surface area contributed by atoms with Gasteiger partial charge in [-0.25, -0.2) is 4.79 Å². The van der Waals surface area contributed by atoms with Gasteiger partial charge in [-0.2, -0.15) is 0 Å². The Labute approximate surface area is 117 Å². The van der Waals surface area contributed by atoms with E-state index in [0.717, 1.165) is 16.8 Å². The third-order valence-electron chi connectivity index (χ3n) is 3.34. The van der Waals surface area contributed by atoms with Gasteiger partial charge in [0.05, 0.1) is 6.54 Å². The van der Waals surface area contributed by atoms with Gasteiger partial charge in [-0.05, 0) is 38.0 Å². The van der Waals surface area contributed by atoms with Crippen LogP contribution in [0.3, 0.4) is 0 Å². The molecule has 2 rings (SSSR count). The van der Waals surface area contributed by atoms with Crippen LogP contribution in [0.15, 0.2) is 35.1 Å². The molecule has 4 nitrogen and oxygen atoms in total. The number of aromatic nitrogens is 1. The van der Waals surface area contributed by atoms with Crippen molar-refractivity contribution in [1.82, 2.24) is 4.57 Å². The van der Waals surface area contributed by atoms with Crippen molar-refractivity contribution in [2.45, 2.75) is 27.3 Å². The summed E-state index contributed by atoms with van der Waals surface area (Å²) in [6.45, 7) is 5.83.